The highest BCUT2D eigenvalue weighted by Crippen LogP contribution is 2.23. The van der Waals surface area contributed by atoms with Crippen molar-refractivity contribution >= 4 is 35.0 Å². The molecule has 0 fully saturated rings. The van der Waals surface area contributed by atoms with Crippen LogP contribution >= 0.6 is 0 Å². The third-order valence-electron chi connectivity index (χ3n) is 3.36. The smallest absolute Gasteiger partial charge is 0.262 e. The lowest BCUT2D eigenvalue weighted by atomic mass is 10.2. The molecule has 0 aliphatic carbocycles. The van der Waals surface area contributed by atoms with E-state index >= 15 is 0 Å². The fraction of sp³-hybridized carbons (Fsp3) is 0.316. The van der Waals surface area contributed by atoms with E-state index < -0.39 is 0 Å². The Hall–Kier alpha value is -3.33. The molecule has 0 aliphatic rings. The largest absolute Gasteiger partial charge is 0.394 e. The monoisotopic (exact) mass is 386 g/mol. The summed E-state index contributed by atoms with van der Waals surface area (Å²) in [6, 6.07) is 3.73. The van der Waals surface area contributed by atoms with E-state index in [2.05, 4.69) is 25.6 Å². The van der Waals surface area contributed by atoms with Gasteiger partial charge in [-0.3, -0.25) is 9.78 Å². The third-order valence-corrected chi connectivity index (χ3v) is 3.36. The van der Waals surface area contributed by atoms with Crippen molar-refractivity contribution in [1.82, 2.24) is 19.5 Å². The molecule has 3 heterocycles. The number of nitrogens with zero attached hydrogens (tertiary/aromatic N) is 4. The average Bonchev–Trinajstić information content (AvgIpc) is 2.69. The fourth-order valence-corrected chi connectivity index (χ4v) is 2.29. The van der Waals surface area contributed by atoms with Gasteiger partial charge in [0.1, 0.15) is 24.2 Å². The molecular weight excluding hydrogens is 360 g/mol. The first kappa shape index (κ1) is 22.7. The minimum Gasteiger partial charge on any atom is -0.394 e. The van der Waals surface area contributed by atoms with Crippen LogP contribution in [-0.2, 0) is 11.3 Å². The molecule has 0 aromatic carbocycles. The Kier molecular flexibility index (Phi) is 9.24. The Morgan fingerprint density at radius 3 is 2.46 bits per heavy atom. The molecule has 0 spiro atoms. The normalized spacial score (nSPS) is 9.79. The number of hydrogen-bond acceptors (Lipinski definition) is 8. The number of carbonyl (C=O) groups is 1. The van der Waals surface area contributed by atoms with Crippen LogP contribution in [0.1, 0.15) is 20.8 Å². The quantitative estimate of drug-likeness (QED) is 0.624. The molecule has 3 aromatic rings. The zero-order valence-electron chi connectivity index (χ0n) is 16.5. The second-order valence-corrected chi connectivity index (χ2v) is 5.79. The molecule has 0 radical (unpaired) electrons. The van der Waals surface area contributed by atoms with E-state index in [0.717, 1.165) is 5.39 Å². The zero-order valence-corrected chi connectivity index (χ0v) is 16.5. The molecule has 150 valence electrons. The molecule has 9 heteroatoms. The zero-order chi connectivity index (χ0) is 21.1. The third kappa shape index (κ3) is 6.13. The second-order valence-electron chi connectivity index (χ2n) is 5.79. The Labute approximate surface area is 163 Å². The van der Waals surface area contributed by atoms with Gasteiger partial charge in [-0.25, -0.2) is 9.97 Å². The lowest BCUT2D eigenvalue weighted by Crippen LogP contribution is -2.19. The van der Waals surface area contributed by atoms with Gasteiger partial charge in [0.2, 0.25) is 0 Å². The first-order valence-corrected chi connectivity index (χ1v) is 8.68. The van der Waals surface area contributed by atoms with Gasteiger partial charge < -0.3 is 25.1 Å². The summed E-state index contributed by atoms with van der Waals surface area (Å²) in [6.45, 7) is 8.00. The summed E-state index contributed by atoms with van der Waals surface area (Å²) in [5.41, 5.74) is -0.0529. The molecule has 3 N–H and O–H groups in total. The summed E-state index contributed by atoms with van der Waals surface area (Å²) in [4.78, 5) is 33.1. The van der Waals surface area contributed by atoms with Gasteiger partial charge in [-0.1, -0.05) is 0 Å². The Morgan fingerprint density at radius 1 is 1.25 bits per heavy atom. The van der Waals surface area contributed by atoms with Gasteiger partial charge in [0.15, 0.2) is 0 Å². The topological polar surface area (TPSA) is 122 Å². The number of aliphatic hydroxyl groups excluding tert-OH is 1. The summed E-state index contributed by atoms with van der Waals surface area (Å²) in [7, 11) is 1.75. The predicted molar refractivity (Wildman–Crippen MR) is 111 cm³/mol. The van der Waals surface area contributed by atoms with Crippen LogP contribution in [0.15, 0.2) is 41.7 Å². The number of pyridine rings is 2. The van der Waals surface area contributed by atoms with Crippen LogP contribution in [0.2, 0.25) is 0 Å². The van der Waals surface area contributed by atoms with Crippen LogP contribution in [0.4, 0.5) is 17.5 Å². The molecule has 0 amide bonds. The van der Waals surface area contributed by atoms with E-state index in [1.54, 1.807) is 50.2 Å². The molecule has 28 heavy (non-hydrogen) atoms. The molecule has 9 nitrogen and oxygen atoms in total. The van der Waals surface area contributed by atoms with Crippen LogP contribution < -0.4 is 16.2 Å². The number of hydrogen-bond donors (Lipinski definition) is 3. The summed E-state index contributed by atoms with van der Waals surface area (Å²) in [5, 5.41) is 15.5. The van der Waals surface area contributed by atoms with Crippen LogP contribution in [-0.4, -0.2) is 44.6 Å². The van der Waals surface area contributed by atoms with Crippen molar-refractivity contribution in [2.24, 2.45) is 0 Å². The molecular formula is C19H26N6O3. The summed E-state index contributed by atoms with van der Waals surface area (Å²) < 4.78 is 1.65. The van der Waals surface area contributed by atoms with Gasteiger partial charge in [-0.2, -0.15) is 0 Å². The number of rotatable bonds is 4. The molecule has 0 saturated carbocycles. The number of aliphatic hydroxyl groups is 1. The van der Waals surface area contributed by atoms with E-state index in [0.29, 0.717) is 29.4 Å². The second kappa shape index (κ2) is 11.4. The van der Waals surface area contributed by atoms with E-state index in [-0.39, 0.29) is 11.7 Å². The molecule has 0 unspecified atom stereocenters. The summed E-state index contributed by atoms with van der Waals surface area (Å²) in [6.07, 6.45) is 6.43. The van der Waals surface area contributed by atoms with Crippen molar-refractivity contribution < 1.29 is 9.90 Å². The van der Waals surface area contributed by atoms with Crippen LogP contribution in [0.3, 0.4) is 0 Å². The molecule has 3 aromatic heterocycles. The highest BCUT2D eigenvalue weighted by molar-refractivity contribution is 5.93. The van der Waals surface area contributed by atoms with Crippen LogP contribution in [0.25, 0.3) is 10.8 Å². The predicted octanol–water partition coefficient (Wildman–Crippen LogP) is 2.19. The minimum atomic E-state index is -0.167. The van der Waals surface area contributed by atoms with E-state index in [4.69, 9.17) is 9.90 Å². The molecule has 0 atom stereocenters. The molecule has 0 bridgehead atoms. The van der Waals surface area contributed by atoms with Crippen molar-refractivity contribution in [1.29, 1.82) is 0 Å². The highest BCUT2D eigenvalue weighted by Gasteiger charge is 2.10. The Morgan fingerprint density at radius 2 is 1.93 bits per heavy atom. The molecule has 0 aliphatic heterocycles. The molecule has 3 rings (SSSR count). The lowest BCUT2D eigenvalue weighted by molar-refractivity contribution is -0.0979. The van der Waals surface area contributed by atoms with Gasteiger partial charge in [-0.05, 0) is 38.3 Å². The van der Waals surface area contributed by atoms with Gasteiger partial charge in [0.25, 0.3) is 5.56 Å². The van der Waals surface area contributed by atoms with Crippen molar-refractivity contribution in [3.8, 4) is 0 Å². The standard InChI is InChI=1S/C15H16N6O.C3H8O.CH2O/c1-3-21-7-4-10-8-11(19-12-9-17-5-6-18-12)20-14(16-2)13(10)15(21)22;1-3(2)4;1-2/h4-9H,3H2,1-2H3,(H2,16,18,19,20);3-4H,1-2H3;1H2. The van der Waals surface area contributed by atoms with Gasteiger partial charge >= 0.3 is 0 Å². The number of fused-ring (bicyclic) bond motifs is 1. The molecule has 0 saturated heterocycles. The van der Waals surface area contributed by atoms with E-state index in [1.807, 2.05) is 25.8 Å². The van der Waals surface area contributed by atoms with Gasteiger partial charge in [0, 0.05) is 38.3 Å². The summed E-state index contributed by atoms with van der Waals surface area (Å²) >= 11 is 0. The number of carbonyl (C=O) groups excluding carboxylic acids is 1. The maximum absolute atomic E-state index is 12.4. The Balaban J connectivity index is 0.000000583. The maximum Gasteiger partial charge on any atom is 0.262 e. The maximum atomic E-state index is 12.4. The van der Waals surface area contributed by atoms with Crippen molar-refractivity contribution in [3.63, 3.8) is 0 Å². The van der Waals surface area contributed by atoms with Crippen molar-refractivity contribution in [2.45, 2.75) is 33.4 Å². The minimum absolute atomic E-state index is 0.0529. The van der Waals surface area contributed by atoms with E-state index in [1.165, 1.54) is 0 Å². The van der Waals surface area contributed by atoms with Crippen LogP contribution in [0.5, 0.6) is 0 Å². The number of nitrogens with one attached hydrogen (secondary N) is 2. The fourth-order valence-electron chi connectivity index (χ4n) is 2.29. The first-order valence-electron chi connectivity index (χ1n) is 8.68. The van der Waals surface area contributed by atoms with E-state index in [9.17, 15) is 4.79 Å². The highest BCUT2D eigenvalue weighted by atomic mass is 16.3. The number of aromatic nitrogens is 4. The van der Waals surface area contributed by atoms with Crippen molar-refractivity contribution in [3.05, 3.63) is 47.3 Å². The SMILES string of the molecule is C=O.CC(C)O.CCn1ccc2cc(Nc3cnccn3)nc(NC)c2c1=O. The van der Waals surface area contributed by atoms with Gasteiger partial charge in [0.05, 0.1) is 11.6 Å². The average molecular weight is 386 g/mol. The van der Waals surface area contributed by atoms with Gasteiger partial charge in [-0.15, -0.1) is 0 Å². The number of aryl methyl sites for hydroxylation is 1. The van der Waals surface area contributed by atoms with Crippen LogP contribution in [0, 0.1) is 0 Å². The summed E-state index contributed by atoms with van der Waals surface area (Å²) in [5.74, 6) is 1.74. The Bertz CT molecular complexity index is 925. The first-order chi connectivity index (χ1) is 13.5. The van der Waals surface area contributed by atoms with Crippen molar-refractivity contribution in [2.75, 3.05) is 17.7 Å². The lowest BCUT2D eigenvalue weighted by Gasteiger charge is -2.11. The number of anilines is 3.